The van der Waals surface area contributed by atoms with Crippen molar-refractivity contribution in [2.24, 2.45) is 5.92 Å². The van der Waals surface area contributed by atoms with E-state index in [4.69, 9.17) is 4.74 Å². The third kappa shape index (κ3) is 7.75. The van der Waals surface area contributed by atoms with Crippen LogP contribution in [0.25, 0.3) is 22.3 Å². The number of hydrogen-bond acceptors (Lipinski definition) is 1. The largest absolute Gasteiger partial charge is 0.373 e. The summed E-state index contributed by atoms with van der Waals surface area (Å²) in [5, 5.41) is 0. The molecule has 1 nitrogen and oxygen atoms in total. The van der Waals surface area contributed by atoms with Crippen molar-refractivity contribution in [2.75, 3.05) is 6.61 Å². The van der Waals surface area contributed by atoms with Crippen molar-refractivity contribution in [2.45, 2.75) is 97.0 Å². The van der Waals surface area contributed by atoms with E-state index >= 15 is 4.39 Å². The molecular weight excluding hydrogens is 493 g/mol. The summed E-state index contributed by atoms with van der Waals surface area (Å²) in [5.41, 5.74) is 3.48. The summed E-state index contributed by atoms with van der Waals surface area (Å²) in [6.07, 6.45) is 12.6. The standard InChI is InChI=1S/C35H43F3O/c1-3-5-6-7-8-9-10-12-28-18-20-30(35(38)34(28)37)27-16-14-26(15-17-27)29-19-21-31(32(36)23-29)33-22-13-25(11-4-2)24-39-33/h14-21,23,25,33H,3-13,22,24H2,1-2H3. The van der Waals surface area contributed by atoms with Crippen molar-refractivity contribution >= 4 is 0 Å². The normalized spacial score (nSPS) is 17.5. The van der Waals surface area contributed by atoms with Crippen LogP contribution in [0.4, 0.5) is 13.2 Å². The van der Waals surface area contributed by atoms with E-state index < -0.39 is 11.6 Å². The Hall–Kier alpha value is -2.59. The van der Waals surface area contributed by atoms with Gasteiger partial charge in [0.15, 0.2) is 11.6 Å². The minimum atomic E-state index is -0.799. The molecule has 0 N–H and O–H groups in total. The van der Waals surface area contributed by atoms with Gasteiger partial charge in [0.25, 0.3) is 0 Å². The highest BCUT2D eigenvalue weighted by Crippen LogP contribution is 2.35. The van der Waals surface area contributed by atoms with Gasteiger partial charge in [-0.05, 0) is 66.3 Å². The van der Waals surface area contributed by atoms with E-state index in [2.05, 4.69) is 13.8 Å². The summed E-state index contributed by atoms with van der Waals surface area (Å²) in [6.45, 7) is 5.07. The maximum absolute atomic E-state index is 15.1. The van der Waals surface area contributed by atoms with E-state index in [0.717, 1.165) is 56.1 Å². The quantitative estimate of drug-likeness (QED) is 0.197. The lowest BCUT2D eigenvalue weighted by molar-refractivity contribution is -0.0211. The maximum atomic E-state index is 15.1. The summed E-state index contributed by atoms with van der Waals surface area (Å²) < 4.78 is 50.9. The molecule has 1 heterocycles. The molecule has 3 aromatic rings. The average molecular weight is 537 g/mol. The predicted octanol–water partition coefficient (Wildman–Crippen LogP) is 11.0. The minimum absolute atomic E-state index is 0.193. The van der Waals surface area contributed by atoms with E-state index in [0.29, 0.717) is 35.6 Å². The van der Waals surface area contributed by atoms with Crippen molar-refractivity contribution in [3.05, 3.63) is 83.2 Å². The van der Waals surface area contributed by atoms with Gasteiger partial charge in [-0.2, -0.15) is 0 Å². The Morgan fingerprint density at radius 2 is 1.38 bits per heavy atom. The van der Waals surface area contributed by atoms with Crippen molar-refractivity contribution < 1.29 is 17.9 Å². The van der Waals surface area contributed by atoms with Gasteiger partial charge < -0.3 is 4.74 Å². The molecule has 1 fully saturated rings. The van der Waals surface area contributed by atoms with Gasteiger partial charge in [-0.15, -0.1) is 0 Å². The molecule has 210 valence electrons. The lowest BCUT2D eigenvalue weighted by Gasteiger charge is -2.29. The zero-order chi connectivity index (χ0) is 27.6. The first-order valence-corrected chi connectivity index (χ1v) is 15.0. The Kier molecular flexibility index (Phi) is 11.1. The summed E-state index contributed by atoms with van der Waals surface area (Å²) in [7, 11) is 0. The fraction of sp³-hybridized carbons (Fsp3) is 0.486. The zero-order valence-electron chi connectivity index (χ0n) is 23.6. The Morgan fingerprint density at radius 3 is 2.05 bits per heavy atom. The monoisotopic (exact) mass is 536 g/mol. The molecule has 0 aliphatic carbocycles. The highest BCUT2D eigenvalue weighted by atomic mass is 19.2. The zero-order valence-corrected chi connectivity index (χ0v) is 23.6. The molecule has 1 saturated heterocycles. The van der Waals surface area contributed by atoms with E-state index in [1.54, 1.807) is 30.3 Å². The van der Waals surface area contributed by atoms with Crippen LogP contribution >= 0.6 is 0 Å². The van der Waals surface area contributed by atoms with E-state index in [1.165, 1.54) is 25.7 Å². The van der Waals surface area contributed by atoms with Gasteiger partial charge in [-0.1, -0.05) is 107 Å². The molecule has 0 bridgehead atoms. The highest BCUT2D eigenvalue weighted by Gasteiger charge is 2.25. The number of hydrogen-bond donors (Lipinski definition) is 0. The Morgan fingerprint density at radius 1 is 0.692 bits per heavy atom. The second-order valence-corrected chi connectivity index (χ2v) is 11.1. The Bertz CT molecular complexity index is 1180. The summed E-state index contributed by atoms with van der Waals surface area (Å²) in [4.78, 5) is 0. The fourth-order valence-electron chi connectivity index (χ4n) is 5.78. The van der Waals surface area contributed by atoms with Crippen LogP contribution in [0, 0.1) is 23.4 Å². The molecule has 0 saturated carbocycles. The average Bonchev–Trinajstić information content (AvgIpc) is 2.95. The number of rotatable bonds is 13. The van der Waals surface area contributed by atoms with Gasteiger partial charge in [-0.25, -0.2) is 13.2 Å². The molecule has 0 spiro atoms. The summed E-state index contributed by atoms with van der Waals surface area (Å²) in [6, 6.07) is 15.9. The molecule has 1 aliphatic heterocycles. The first-order chi connectivity index (χ1) is 19.0. The Labute approximate surface area is 232 Å². The van der Waals surface area contributed by atoms with Gasteiger partial charge in [0.05, 0.1) is 12.7 Å². The van der Waals surface area contributed by atoms with Gasteiger partial charge in [-0.3, -0.25) is 0 Å². The number of unbranched alkanes of at least 4 members (excludes halogenated alkanes) is 6. The van der Waals surface area contributed by atoms with Crippen LogP contribution in [0.3, 0.4) is 0 Å². The van der Waals surface area contributed by atoms with E-state index in [1.807, 2.05) is 24.3 Å². The molecule has 0 amide bonds. The van der Waals surface area contributed by atoms with Gasteiger partial charge in [0.1, 0.15) is 5.82 Å². The first-order valence-electron chi connectivity index (χ1n) is 15.0. The van der Waals surface area contributed by atoms with Crippen LogP contribution in [0.2, 0.25) is 0 Å². The number of halogens is 3. The molecule has 0 radical (unpaired) electrons. The third-order valence-electron chi connectivity index (χ3n) is 8.16. The second kappa shape index (κ2) is 14.7. The molecule has 2 atom stereocenters. The minimum Gasteiger partial charge on any atom is -0.373 e. The number of benzene rings is 3. The van der Waals surface area contributed by atoms with Crippen LogP contribution in [-0.2, 0) is 11.2 Å². The predicted molar refractivity (Wildman–Crippen MR) is 155 cm³/mol. The van der Waals surface area contributed by atoms with Gasteiger partial charge >= 0.3 is 0 Å². The molecule has 4 heteroatoms. The summed E-state index contributed by atoms with van der Waals surface area (Å²) in [5.74, 6) is -1.23. The molecule has 2 unspecified atom stereocenters. The maximum Gasteiger partial charge on any atom is 0.166 e. The third-order valence-corrected chi connectivity index (χ3v) is 8.16. The lowest BCUT2D eigenvalue weighted by atomic mass is 9.91. The van der Waals surface area contributed by atoms with Gasteiger partial charge in [0, 0.05) is 11.1 Å². The fourth-order valence-corrected chi connectivity index (χ4v) is 5.78. The van der Waals surface area contributed by atoms with Crippen LogP contribution < -0.4 is 0 Å². The molecule has 39 heavy (non-hydrogen) atoms. The molecule has 1 aliphatic rings. The van der Waals surface area contributed by atoms with Crippen molar-refractivity contribution in [1.29, 1.82) is 0 Å². The second-order valence-electron chi connectivity index (χ2n) is 11.1. The molecule has 0 aromatic heterocycles. The SMILES string of the molecule is CCCCCCCCCc1ccc(-c2ccc(-c3ccc(C4CCC(CCC)CO4)c(F)c3)cc2)c(F)c1F. The molecule has 3 aromatic carbocycles. The van der Waals surface area contributed by atoms with Crippen molar-refractivity contribution in [3.8, 4) is 22.3 Å². The van der Waals surface area contributed by atoms with Crippen LogP contribution in [-0.4, -0.2) is 6.61 Å². The lowest BCUT2D eigenvalue weighted by Crippen LogP contribution is -2.21. The number of aryl methyl sites for hydroxylation is 1. The highest BCUT2D eigenvalue weighted by molar-refractivity contribution is 5.71. The molecular formula is C35H43F3O. The van der Waals surface area contributed by atoms with Crippen LogP contribution in [0.15, 0.2) is 54.6 Å². The van der Waals surface area contributed by atoms with Crippen molar-refractivity contribution in [3.63, 3.8) is 0 Å². The first kappa shape index (κ1) is 29.4. The number of ether oxygens (including phenoxy) is 1. The van der Waals surface area contributed by atoms with Crippen LogP contribution in [0.1, 0.15) is 102 Å². The van der Waals surface area contributed by atoms with Crippen LogP contribution in [0.5, 0.6) is 0 Å². The Balaban J connectivity index is 1.38. The van der Waals surface area contributed by atoms with E-state index in [-0.39, 0.29) is 17.5 Å². The van der Waals surface area contributed by atoms with Crippen molar-refractivity contribution in [1.82, 2.24) is 0 Å². The van der Waals surface area contributed by atoms with Gasteiger partial charge in [0.2, 0.25) is 0 Å². The summed E-state index contributed by atoms with van der Waals surface area (Å²) >= 11 is 0. The smallest absolute Gasteiger partial charge is 0.166 e. The van der Waals surface area contributed by atoms with E-state index in [9.17, 15) is 8.78 Å². The topological polar surface area (TPSA) is 9.23 Å². The molecule has 4 rings (SSSR count).